The third-order valence-corrected chi connectivity index (χ3v) is 4.34. The number of carbonyl (C=O) groups is 1. The van der Waals surface area contributed by atoms with E-state index in [4.69, 9.17) is 0 Å². The van der Waals surface area contributed by atoms with Gasteiger partial charge in [0.1, 0.15) is 0 Å². The number of aldehydes is 1. The van der Waals surface area contributed by atoms with Gasteiger partial charge in [-0.25, -0.2) is 0 Å². The highest BCUT2D eigenvalue weighted by atomic mass is 32.2. The van der Waals surface area contributed by atoms with Gasteiger partial charge in [0.05, 0.1) is 11.4 Å². The molecule has 2 nitrogen and oxygen atoms in total. The first-order chi connectivity index (χ1) is 8.85. The van der Waals surface area contributed by atoms with Gasteiger partial charge in [-0.3, -0.25) is 4.79 Å². The summed E-state index contributed by atoms with van der Waals surface area (Å²) in [6.07, 6.45) is 0.938. The topological polar surface area (TPSA) is 20.3 Å². The summed E-state index contributed by atoms with van der Waals surface area (Å²) in [5.41, 5.74) is 3.12. The minimum atomic E-state index is 0.769. The second kappa shape index (κ2) is 4.50. The average Bonchev–Trinajstić information content (AvgIpc) is 2.44. The maximum atomic E-state index is 11.2. The summed E-state index contributed by atoms with van der Waals surface area (Å²) in [6.45, 7) is 3.02. The summed E-state index contributed by atoms with van der Waals surface area (Å²) in [7, 11) is 0. The molecule has 0 amide bonds. The summed E-state index contributed by atoms with van der Waals surface area (Å²) in [5, 5.41) is 0. The number of rotatable bonds is 2. The molecular weight excluding hydrogens is 242 g/mol. The second-order valence-electron chi connectivity index (χ2n) is 4.13. The molecule has 0 spiro atoms. The van der Waals surface area contributed by atoms with E-state index in [0.717, 1.165) is 29.0 Å². The Labute approximate surface area is 111 Å². The molecule has 0 atom stereocenters. The third-order valence-electron chi connectivity index (χ3n) is 3.13. The van der Waals surface area contributed by atoms with Crippen LogP contribution in [0, 0.1) is 0 Å². The van der Waals surface area contributed by atoms with Crippen LogP contribution in [0.2, 0.25) is 0 Å². The number of hydrogen-bond acceptors (Lipinski definition) is 3. The van der Waals surface area contributed by atoms with E-state index in [1.54, 1.807) is 11.8 Å². The van der Waals surface area contributed by atoms with Crippen molar-refractivity contribution in [2.75, 3.05) is 11.4 Å². The van der Waals surface area contributed by atoms with Crippen LogP contribution in [0.1, 0.15) is 17.3 Å². The second-order valence-corrected chi connectivity index (χ2v) is 5.18. The first kappa shape index (κ1) is 11.4. The highest BCUT2D eigenvalue weighted by Gasteiger charge is 2.23. The monoisotopic (exact) mass is 255 g/mol. The first-order valence-corrected chi connectivity index (χ1v) is 6.79. The average molecular weight is 255 g/mol. The van der Waals surface area contributed by atoms with E-state index in [-0.39, 0.29) is 0 Å². The van der Waals surface area contributed by atoms with Crippen molar-refractivity contribution < 1.29 is 4.79 Å². The molecule has 0 radical (unpaired) electrons. The van der Waals surface area contributed by atoms with Crippen molar-refractivity contribution in [1.82, 2.24) is 0 Å². The molecule has 0 saturated heterocycles. The number of anilines is 2. The van der Waals surface area contributed by atoms with Gasteiger partial charge in [-0.05, 0) is 25.1 Å². The Morgan fingerprint density at radius 3 is 2.67 bits per heavy atom. The van der Waals surface area contributed by atoms with Gasteiger partial charge in [0.15, 0.2) is 6.29 Å². The van der Waals surface area contributed by atoms with Gasteiger partial charge < -0.3 is 4.90 Å². The number of fused-ring (bicyclic) bond motifs is 2. The molecule has 2 aromatic rings. The van der Waals surface area contributed by atoms with Crippen LogP contribution < -0.4 is 4.90 Å². The molecule has 0 fully saturated rings. The number of benzene rings is 2. The molecule has 1 heterocycles. The zero-order chi connectivity index (χ0) is 12.5. The molecular formula is C15H13NOS. The largest absolute Gasteiger partial charge is 0.340 e. The van der Waals surface area contributed by atoms with Crippen LogP contribution in [-0.2, 0) is 0 Å². The fraction of sp³-hybridized carbons (Fsp3) is 0.133. The standard InChI is InChI=1S/C15H13NOS/c1-2-16-12-7-3-4-9-14(12)18-15-11(10-17)6-5-8-13(15)16/h3-10H,2H2,1H3. The third kappa shape index (κ3) is 1.63. The number of hydrogen-bond donors (Lipinski definition) is 0. The van der Waals surface area contributed by atoms with Crippen LogP contribution in [0.3, 0.4) is 0 Å². The fourth-order valence-corrected chi connectivity index (χ4v) is 3.47. The van der Waals surface area contributed by atoms with Crippen molar-refractivity contribution in [1.29, 1.82) is 0 Å². The number of carbonyl (C=O) groups excluding carboxylic acids is 1. The van der Waals surface area contributed by atoms with Gasteiger partial charge >= 0.3 is 0 Å². The molecule has 3 rings (SSSR count). The fourth-order valence-electron chi connectivity index (χ4n) is 2.31. The minimum Gasteiger partial charge on any atom is -0.340 e. The predicted octanol–water partition coefficient (Wildman–Crippen LogP) is 4.12. The van der Waals surface area contributed by atoms with Crippen molar-refractivity contribution >= 4 is 29.4 Å². The maximum absolute atomic E-state index is 11.2. The van der Waals surface area contributed by atoms with Gasteiger partial charge in [-0.2, -0.15) is 0 Å². The minimum absolute atomic E-state index is 0.769. The van der Waals surface area contributed by atoms with Gasteiger partial charge in [0.25, 0.3) is 0 Å². The normalized spacial score (nSPS) is 12.8. The molecule has 1 aliphatic rings. The summed E-state index contributed by atoms with van der Waals surface area (Å²) in [5.74, 6) is 0. The first-order valence-electron chi connectivity index (χ1n) is 5.97. The van der Waals surface area contributed by atoms with Crippen molar-refractivity contribution in [3.05, 3.63) is 48.0 Å². The molecule has 0 aliphatic carbocycles. The zero-order valence-electron chi connectivity index (χ0n) is 10.1. The molecule has 0 saturated carbocycles. The Kier molecular flexibility index (Phi) is 2.84. The highest BCUT2D eigenvalue weighted by Crippen LogP contribution is 2.48. The smallest absolute Gasteiger partial charge is 0.151 e. The van der Waals surface area contributed by atoms with Crippen molar-refractivity contribution in [3.8, 4) is 0 Å². The molecule has 18 heavy (non-hydrogen) atoms. The van der Waals surface area contributed by atoms with E-state index in [1.807, 2.05) is 18.2 Å². The maximum Gasteiger partial charge on any atom is 0.151 e. The number of para-hydroxylation sites is 1. The van der Waals surface area contributed by atoms with Crippen molar-refractivity contribution in [3.63, 3.8) is 0 Å². The van der Waals surface area contributed by atoms with Crippen LogP contribution >= 0.6 is 11.8 Å². The van der Waals surface area contributed by atoms with E-state index in [0.29, 0.717) is 0 Å². The molecule has 0 N–H and O–H groups in total. The van der Waals surface area contributed by atoms with Crippen LogP contribution in [0.15, 0.2) is 52.3 Å². The summed E-state index contributed by atoms with van der Waals surface area (Å²) >= 11 is 1.68. The van der Waals surface area contributed by atoms with E-state index in [2.05, 4.69) is 36.1 Å². The van der Waals surface area contributed by atoms with Crippen LogP contribution in [-0.4, -0.2) is 12.8 Å². The zero-order valence-corrected chi connectivity index (χ0v) is 10.9. The Morgan fingerprint density at radius 1 is 1.11 bits per heavy atom. The summed E-state index contributed by atoms with van der Waals surface area (Å²) in [4.78, 5) is 15.7. The lowest BCUT2D eigenvalue weighted by Crippen LogP contribution is -2.20. The SMILES string of the molecule is CCN1c2ccccc2Sc2c(C=O)cccc21. The van der Waals surface area contributed by atoms with E-state index in [9.17, 15) is 4.79 Å². The summed E-state index contributed by atoms with van der Waals surface area (Å²) in [6, 6.07) is 14.2. The highest BCUT2D eigenvalue weighted by molar-refractivity contribution is 7.99. The predicted molar refractivity (Wildman–Crippen MR) is 75.1 cm³/mol. The molecule has 0 unspecified atom stereocenters. The Morgan fingerprint density at radius 2 is 1.89 bits per heavy atom. The molecule has 1 aliphatic heterocycles. The summed E-state index contributed by atoms with van der Waals surface area (Å²) < 4.78 is 0. The lowest BCUT2D eigenvalue weighted by Gasteiger charge is -2.32. The van der Waals surface area contributed by atoms with Crippen molar-refractivity contribution in [2.24, 2.45) is 0 Å². The van der Waals surface area contributed by atoms with Gasteiger partial charge in [0, 0.05) is 21.9 Å². The molecule has 0 aromatic heterocycles. The van der Waals surface area contributed by atoms with Gasteiger partial charge in [0.2, 0.25) is 0 Å². The van der Waals surface area contributed by atoms with Gasteiger partial charge in [-0.15, -0.1) is 0 Å². The molecule has 90 valence electrons. The quantitative estimate of drug-likeness (QED) is 0.753. The van der Waals surface area contributed by atoms with Crippen LogP contribution in [0.25, 0.3) is 0 Å². The number of nitrogens with zero attached hydrogens (tertiary/aromatic N) is 1. The molecule has 3 heteroatoms. The Balaban J connectivity index is 2.23. The van der Waals surface area contributed by atoms with E-state index < -0.39 is 0 Å². The Hall–Kier alpha value is -1.74. The Bertz CT molecular complexity index is 609. The van der Waals surface area contributed by atoms with E-state index in [1.165, 1.54) is 10.6 Å². The van der Waals surface area contributed by atoms with Gasteiger partial charge in [-0.1, -0.05) is 36.0 Å². The van der Waals surface area contributed by atoms with E-state index >= 15 is 0 Å². The molecule has 2 aromatic carbocycles. The lowest BCUT2D eigenvalue weighted by molar-refractivity contribution is 0.112. The molecule has 0 bridgehead atoms. The van der Waals surface area contributed by atoms with Crippen LogP contribution in [0.5, 0.6) is 0 Å². The van der Waals surface area contributed by atoms with Crippen molar-refractivity contribution in [2.45, 2.75) is 16.7 Å². The lowest BCUT2D eigenvalue weighted by atomic mass is 10.1. The van der Waals surface area contributed by atoms with Crippen LogP contribution in [0.4, 0.5) is 11.4 Å².